The highest BCUT2D eigenvalue weighted by Gasteiger charge is 2.29. The molecule has 0 spiro atoms. The fourth-order valence-electron chi connectivity index (χ4n) is 1.88. The van der Waals surface area contributed by atoms with Gasteiger partial charge in [0.05, 0.1) is 5.69 Å². The fourth-order valence-corrected chi connectivity index (χ4v) is 3.98. The molecule has 0 amide bonds. The first-order valence-corrected chi connectivity index (χ1v) is 8.52. The van der Waals surface area contributed by atoms with Gasteiger partial charge in [-0.3, -0.25) is 0 Å². The van der Waals surface area contributed by atoms with E-state index in [1.807, 2.05) is 23.3 Å². The minimum atomic E-state index is -3.54. The molecule has 0 aromatic heterocycles. The molecule has 1 aliphatic rings. The Kier molecular flexibility index (Phi) is 3.97. The molecule has 0 atom stereocenters. The van der Waals surface area contributed by atoms with Crippen LogP contribution in [-0.2, 0) is 10.0 Å². The van der Waals surface area contributed by atoms with E-state index in [1.54, 1.807) is 12.1 Å². The Bertz CT molecular complexity index is 567. The second kappa shape index (κ2) is 5.32. The molecule has 2 rings (SSSR count). The predicted octanol–water partition coefficient (Wildman–Crippen LogP) is 2.71. The van der Waals surface area contributed by atoms with Crippen LogP contribution < -0.4 is 4.90 Å². The first kappa shape index (κ1) is 13.4. The van der Waals surface area contributed by atoms with Crippen LogP contribution in [-0.4, -0.2) is 26.4 Å². The van der Waals surface area contributed by atoms with Crippen molar-refractivity contribution in [2.75, 3.05) is 17.7 Å². The average molecular weight is 284 g/mol. The molecule has 98 valence electrons. The molecule has 1 heterocycles. The van der Waals surface area contributed by atoms with E-state index in [1.165, 1.54) is 11.8 Å². The largest absolute Gasteiger partial charge is 0.319 e. The molecule has 1 aliphatic heterocycles. The van der Waals surface area contributed by atoms with Crippen molar-refractivity contribution in [2.45, 2.75) is 24.7 Å². The standard InChI is InChI=1S/C12H16N2O2S2/c1-3-4-9-14-10-7-5-6-8-11(10)18(15,16)13-12(14)17-2/h5-8H,3-4,9H2,1-2H3. The molecule has 0 saturated heterocycles. The number of nitrogens with zero attached hydrogens (tertiary/aromatic N) is 2. The summed E-state index contributed by atoms with van der Waals surface area (Å²) in [5.41, 5.74) is 0.741. The van der Waals surface area contributed by atoms with Crippen molar-refractivity contribution in [1.82, 2.24) is 0 Å². The number of thioether (sulfide) groups is 1. The van der Waals surface area contributed by atoms with Gasteiger partial charge in [-0.1, -0.05) is 37.2 Å². The predicted molar refractivity (Wildman–Crippen MR) is 76.8 cm³/mol. The van der Waals surface area contributed by atoms with Gasteiger partial charge in [0, 0.05) is 6.54 Å². The number of amidine groups is 1. The molecule has 0 N–H and O–H groups in total. The summed E-state index contributed by atoms with van der Waals surface area (Å²) >= 11 is 1.37. The van der Waals surface area contributed by atoms with Crippen molar-refractivity contribution < 1.29 is 8.42 Å². The summed E-state index contributed by atoms with van der Waals surface area (Å²) in [5, 5.41) is 0.558. The molecule has 18 heavy (non-hydrogen) atoms. The number of fused-ring (bicyclic) bond motifs is 1. The van der Waals surface area contributed by atoms with Crippen molar-refractivity contribution in [2.24, 2.45) is 4.40 Å². The molecular weight excluding hydrogens is 268 g/mol. The molecule has 1 aromatic carbocycles. The maximum atomic E-state index is 12.0. The van der Waals surface area contributed by atoms with Gasteiger partial charge in [0.25, 0.3) is 10.0 Å². The summed E-state index contributed by atoms with van der Waals surface area (Å²) in [6, 6.07) is 7.04. The lowest BCUT2D eigenvalue weighted by molar-refractivity contribution is 0.596. The highest BCUT2D eigenvalue weighted by Crippen LogP contribution is 2.33. The number of rotatable bonds is 3. The second-order valence-electron chi connectivity index (χ2n) is 4.03. The Morgan fingerprint density at radius 1 is 1.33 bits per heavy atom. The van der Waals surface area contributed by atoms with E-state index in [-0.39, 0.29) is 0 Å². The summed E-state index contributed by atoms with van der Waals surface area (Å²) < 4.78 is 28.0. The normalized spacial score (nSPS) is 17.2. The summed E-state index contributed by atoms with van der Waals surface area (Å²) in [6.45, 7) is 2.91. The van der Waals surface area contributed by atoms with E-state index in [0.29, 0.717) is 10.1 Å². The quantitative estimate of drug-likeness (QED) is 0.856. The van der Waals surface area contributed by atoms with Crippen LogP contribution in [0.2, 0.25) is 0 Å². The number of sulfonamides is 1. The van der Waals surface area contributed by atoms with Gasteiger partial charge in [0.1, 0.15) is 4.90 Å². The Morgan fingerprint density at radius 3 is 2.72 bits per heavy atom. The highest BCUT2D eigenvalue weighted by molar-refractivity contribution is 8.14. The fraction of sp³-hybridized carbons (Fsp3) is 0.417. The first-order valence-electron chi connectivity index (χ1n) is 5.85. The Hall–Kier alpha value is -1.01. The van der Waals surface area contributed by atoms with Crippen molar-refractivity contribution >= 4 is 32.6 Å². The number of anilines is 1. The van der Waals surface area contributed by atoms with Crippen LogP contribution in [0.4, 0.5) is 5.69 Å². The molecule has 0 fully saturated rings. The molecule has 4 nitrogen and oxygen atoms in total. The van der Waals surface area contributed by atoms with Crippen molar-refractivity contribution in [3.8, 4) is 0 Å². The van der Waals surface area contributed by atoms with Gasteiger partial charge in [-0.2, -0.15) is 8.42 Å². The van der Waals surface area contributed by atoms with Gasteiger partial charge in [-0.15, -0.1) is 4.40 Å². The molecule has 0 unspecified atom stereocenters. The van der Waals surface area contributed by atoms with Crippen LogP contribution in [0.1, 0.15) is 19.8 Å². The Balaban J connectivity index is 2.52. The molecule has 6 heteroatoms. The van der Waals surface area contributed by atoms with Crippen LogP contribution in [0.3, 0.4) is 0 Å². The van der Waals surface area contributed by atoms with Crippen LogP contribution in [0.15, 0.2) is 33.6 Å². The molecule has 0 saturated carbocycles. The summed E-state index contributed by atoms with van der Waals surface area (Å²) in [6.07, 6.45) is 3.92. The zero-order valence-electron chi connectivity index (χ0n) is 10.5. The third-order valence-corrected chi connectivity index (χ3v) is 4.89. The maximum Gasteiger partial charge on any atom is 0.286 e. The first-order chi connectivity index (χ1) is 8.60. The third-order valence-electron chi connectivity index (χ3n) is 2.78. The van der Waals surface area contributed by atoms with E-state index in [4.69, 9.17) is 0 Å². The minimum Gasteiger partial charge on any atom is -0.319 e. The molecule has 0 bridgehead atoms. The monoisotopic (exact) mass is 284 g/mol. The summed E-state index contributed by atoms with van der Waals surface area (Å²) in [4.78, 5) is 2.30. The van der Waals surface area contributed by atoms with Crippen molar-refractivity contribution in [1.29, 1.82) is 0 Å². The lowest BCUT2D eigenvalue weighted by Gasteiger charge is -2.29. The van der Waals surface area contributed by atoms with E-state index in [0.717, 1.165) is 25.1 Å². The Morgan fingerprint density at radius 2 is 2.06 bits per heavy atom. The maximum absolute atomic E-state index is 12.0. The van der Waals surface area contributed by atoms with E-state index in [2.05, 4.69) is 11.3 Å². The van der Waals surface area contributed by atoms with Gasteiger partial charge in [-0.05, 0) is 24.8 Å². The van der Waals surface area contributed by atoms with E-state index >= 15 is 0 Å². The SMILES string of the molecule is CCCCN1C(SC)=NS(=O)(=O)c2ccccc21. The van der Waals surface area contributed by atoms with Gasteiger partial charge in [0.15, 0.2) is 5.17 Å². The zero-order chi connectivity index (χ0) is 13.2. The molecule has 0 aliphatic carbocycles. The number of hydrogen-bond donors (Lipinski definition) is 0. The summed E-state index contributed by atoms with van der Waals surface area (Å²) in [7, 11) is -3.54. The second-order valence-corrected chi connectivity index (χ2v) is 6.37. The van der Waals surface area contributed by atoms with Crippen LogP contribution in [0.25, 0.3) is 0 Å². The number of unbranched alkanes of at least 4 members (excludes halogenated alkanes) is 1. The highest BCUT2D eigenvalue weighted by atomic mass is 32.2. The van der Waals surface area contributed by atoms with E-state index < -0.39 is 10.0 Å². The third kappa shape index (κ3) is 2.40. The van der Waals surface area contributed by atoms with E-state index in [9.17, 15) is 8.42 Å². The lowest BCUT2D eigenvalue weighted by Crippen LogP contribution is -2.34. The average Bonchev–Trinajstić information content (AvgIpc) is 2.37. The van der Waals surface area contributed by atoms with Crippen molar-refractivity contribution in [3.63, 3.8) is 0 Å². The summed E-state index contributed by atoms with van der Waals surface area (Å²) in [5.74, 6) is 0. The minimum absolute atomic E-state index is 0.305. The lowest BCUT2D eigenvalue weighted by atomic mass is 10.2. The Labute approximate surface area is 112 Å². The van der Waals surface area contributed by atoms with Gasteiger partial charge in [-0.25, -0.2) is 0 Å². The number of para-hydroxylation sites is 1. The topological polar surface area (TPSA) is 49.7 Å². The van der Waals surface area contributed by atoms with Gasteiger partial charge in [0.2, 0.25) is 0 Å². The molecular formula is C12H16N2O2S2. The molecule has 0 radical (unpaired) electrons. The van der Waals surface area contributed by atoms with Gasteiger partial charge < -0.3 is 4.90 Å². The van der Waals surface area contributed by atoms with Crippen LogP contribution in [0.5, 0.6) is 0 Å². The smallest absolute Gasteiger partial charge is 0.286 e. The van der Waals surface area contributed by atoms with Crippen molar-refractivity contribution in [3.05, 3.63) is 24.3 Å². The van der Waals surface area contributed by atoms with Gasteiger partial charge >= 0.3 is 0 Å². The van der Waals surface area contributed by atoms with Crippen LogP contribution in [0, 0.1) is 0 Å². The number of hydrogen-bond acceptors (Lipinski definition) is 4. The van der Waals surface area contributed by atoms with Crippen LogP contribution >= 0.6 is 11.8 Å². The molecule has 1 aromatic rings. The number of benzene rings is 1. The zero-order valence-corrected chi connectivity index (χ0v) is 12.1.